The van der Waals surface area contributed by atoms with E-state index in [1.54, 1.807) is 25.5 Å². The zero-order valence-corrected chi connectivity index (χ0v) is 8.18. The molecule has 0 aliphatic carbocycles. The first kappa shape index (κ1) is 9.99. The topological polar surface area (TPSA) is 45.4 Å². The van der Waals surface area contributed by atoms with Crippen LogP contribution in [0.3, 0.4) is 0 Å². The van der Waals surface area contributed by atoms with E-state index in [2.05, 4.69) is 20.2 Å². The molecule has 1 aromatic rings. The molecule has 5 heteroatoms. The largest absolute Gasteiger partial charge is 0.342 e. The zero-order valence-electron chi connectivity index (χ0n) is 8.18. The third-order valence-corrected chi connectivity index (χ3v) is 1.47. The number of rotatable bonds is 3. The smallest absolute Gasteiger partial charge is 0.305 e. The summed E-state index contributed by atoms with van der Waals surface area (Å²) in [6, 6.07) is 1.77. The van der Waals surface area contributed by atoms with Crippen molar-refractivity contribution in [2.24, 2.45) is 0 Å². The quantitative estimate of drug-likeness (QED) is 0.735. The van der Waals surface area contributed by atoms with Crippen LogP contribution in [0.25, 0.3) is 4.95 Å². The Hall–Kier alpha value is -2.09. The van der Waals surface area contributed by atoms with Gasteiger partial charge in [0.05, 0.1) is 18.2 Å². The van der Waals surface area contributed by atoms with Crippen LogP contribution in [0, 0.1) is 6.57 Å². The first-order chi connectivity index (χ1) is 6.72. The maximum atomic E-state index is 5.07. The second-order valence-electron chi connectivity index (χ2n) is 2.72. The highest BCUT2D eigenvalue weighted by Crippen LogP contribution is 2.03. The van der Waals surface area contributed by atoms with E-state index in [0.29, 0.717) is 0 Å². The minimum Gasteiger partial charge on any atom is -0.342 e. The lowest BCUT2D eigenvalue weighted by molar-refractivity contribution is 0.614. The first-order valence-electron chi connectivity index (χ1n) is 4.07. The van der Waals surface area contributed by atoms with Crippen molar-refractivity contribution in [3.05, 3.63) is 35.4 Å². The molecule has 1 heterocycles. The van der Waals surface area contributed by atoms with Gasteiger partial charge in [0.2, 0.25) is 0 Å². The Morgan fingerprint density at radius 2 is 2.50 bits per heavy atom. The van der Waals surface area contributed by atoms with Crippen LogP contribution in [-0.2, 0) is 0 Å². The third kappa shape index (κ3) is 3.11. The summed E-state index contributed by atoms with van der Waals surface area (Å²) >= 11 is 0. The molecule has 1 rings (SSSR count). The van der Waals surface area contributed by atoms with Gasteiger partial charge in [0, 0.05) is 11.9 Å². The monoisotopic (exact) mass is 190 g/mol. The summed E-state index contributed by atoms with van der Waals surface area (Å²) in [6.45, 7) is 6.96. The normalized spacial score (nSPS) is 10.5. The van der Waals surface area contributed by atoms with E-state index in [1.807, 2.05) is 6.92 Å². The summed E-state index contributed by atoms with van der Waals surface area (Å²) in [4.78, 5) is 11.3. The molecule has 72 valence electrons. The van der Waals surface area contributed by atoms with Crippen molar-refractivity contribution in [3.63, 3.8) is 0 Å². The highest BCUT2D eigenvalue weighted by Gasteiger charge is 1.98. The maximum Gasteiger partial charge on any atom is 0.305 e. The molecule has 5 nitrogen and oxygen atoms in total. The number of allylic oxidation sites excluding steroid dienone is 1. The number of hydrogen-bond acceptors (Lipinski definition) is 4. The molecule has 0 aromatic carbocycles. The van der Waals surface area contributed by atoms with Gasteiger partial charge < -0.3 is 5.32 Å². The van der Waals surface area contributed by atoms with Crippen molar-refractivity contribution in [1.82, 2.24) is 15.0 Å². The molecule has 0 aliphatic heterocycles. The second kappa shape index (κ2) is 4.82. The van der Waals surface area contributed by atoms with Crippen molar-refractivity contribution in [3.8, 4) is 6.57 Å². The van der Waals surface area contributed by atoms with Crippen molar-refractivity contribution in [2.45, 2.75) is 6.92 Å². The van der Waals surface area contributed by atoms with Crippen molar-refractivity contribution in [1.29, 1.82) is 0 Å². The van der Waals surface area contributed by atoms with E-state index >= 15 is 0 Å². The maximum absolute atomic E-state index is 5.07. The Labute approximate surface area is 82.9 Å². The van der Waals surface area contributed by atoms with E-state index in [0.717, 1.165) is 11.5 Å². The minimum absolute atomic E-state index is 0.735. The molecule has 0 radical (unpaired) electrons. The number of nitrogens with zero attached hydrogens (tertiary/aromatic N) is 4. The Morgan fingerprint density at radius 3 is 3.07 bits per heavy atom. The van der Waals surface area contributed by atoms with E-state index in [1.165, 1.54) is 11.3 Å². The van der Waals surface area contributed by atoms with Gasteiger partial charge >= 0.3 is 6.57 Å². The van der Waals surface area contributed by atoms with E-state index in [9.17, 15) is 0 Å². The number of nitrogens with one attached hydrogen (secondary N) is 1. The Balaban J connectivity index is 2.62. The van der Waals surface area contributed by atoms with Gasteiger partial charge in [0.15, 0.2) is 0 Å². The van der Waals surface area contributed by atoms with Gasteiger partial charge in [0.25, 0.3) is 0 Å². The molecule has 0 bridgehead atoms. The lowest BCUT2D eigenvalue weighted by Gasteiger charge is -2.03. The predicted molar refractivity (Wildman–Crippen MR) is 55.5 cm³/mol. The molecule has 0 unspecified atom stereocenters. The summed E-state index contributed by atoms with van der Waals surface area (Å²) in [6.07, 6.45) is 4.90. The van der Waals surface area contributed by atoms with E-state index in [4.69, 9.17) is 6.57 Å². The van der Waals surface area contributed by atoms with Gasteiger partial charge in [-0.25, -0.2) is 9.97 Å². The van der Waals surface area contributed by atoms with Gasteiger partial charge in [-0.15, -0.1) is 0 Å². The first-order valence-corrected chi connectivity index (χ1v) is 4.07. The van der Waals surface area contributed by atoms with Gasteiger partial charge in [-0.2, -0.15) is 0 Å². The number of aromatic nitrogens is 2. The van der Waals surface area contributed by atoms with Crippen molar-refractivity contribution >= 4 is 5.82 Å². The molecule has 1 aromatic heterocycles. The Bertz CT molecular complexity index is 351. The summed E-state index contributed by atoms with van der Waals surface area (Å²) in [5.74, 6) is 0.735. The average Bonchev–Trinajstić information content (AvgIpc) is 2.19. The van der Waals surface area contributed by atoms with Crippen LogP contribution in [0.15, 0.2) is 30.5 Å². The standard InChI is InChI=1S/C9H12N5/c1-8(6-14(3)10-2)13-9-4-5-11-7-12-9/h2,4-7H,1,3H3,(H,11,12,13)/q+1/b8-6+. The molecular formula is C9H12N5+. The molecule has 0 spiro atoms. The second-order valence-corrected chi connectivity index (χ2v) is 2.72. The summed E-state index contributed by atoms with van der Waals surface area (Å²) in [5.41, 5.74) is 0.889. The lowest BCUT2D eigenvalue weighted by Crippen LogP contribution is -2.04. The fourth-order valence-electron chi connectivity index (χ4n) is 0.913. The average molecular weight is 190 g/mol. The molecule has 0 saturated carbocycles. The molecule has 0 amide bonds. The highest BCUT2D eigenvalue weighted by molar-refractivity contribution is 5.38. The Kier molecular flexibility index (Phi) is 3.44. The number of hydrogen-bond donors (Lipinski definition) is 1. The highest BCUT2D eigenvalue weighted by atomic mass is 15.4. The van der Waals surface area contributed by atoms with Crippen LogP contribution >= 0.6 is 0 Å². The van der Waals surface area contributed by atoms with Crippen molar-refractivity contribution < 1.29 is 0 Å². The SMILES string of the molecule is C#[N+]N(C)/C=C(\C)Nc1ccncn1. The van der Waals surface area contributed by atoms with Crippen LogP contribution < -0.4 is 5.32 Å². The van der Waals surface area contributed by atoms with Crippen LogP contribution in [0.1, 0.15) is 6.92 Å². The molecule has 14 heavy (non-hydrogen) atoms. The van der Waals surface area contributed by atoms with Crippen LogP contribution in [0.4, 0.5) is 5.82 Å². The van der Waals surface area contributed by atoms with Gasteiger partial charge in [0.1, 0.15) is 12.1 Å². The van der Waals surface area contributed by atoms with Crippen molar-refractivity contribution in [2.75, 3.05) is 12.4 Å². The summed E-state index contributed by atoms with van der Waals surface area (Å²) in [5, 5.41) is 4.56. The summed E-state index contributed by atoms with van der Waals surface area (Å²) in [7, 11) is 1.74. The molecule has 0 saturated heterocycles. The third-order valence-electron chi connectivity index (χ3n) is 1.47. The van der Waals surface area contributed by atoms with Gasteiger partial charge in [-0.1, -0.05) is 0 Å². The van der Waals surface area contributed by atoms with E-state index in [-0.39, 0.29) is 0 Å². The molecule has 0 aliphatic rings. The Morgan fingerprint density at radius 1 is 1.71 bits per heavy atom. The zero-order chi connectivity index (χ0) is 10.4. The molecular weight excluding hydrogens is 178 g/mol. The van der Waals surface area contributed by atoms with Crippen LogP contribution in [-0.4, -0.2) is 22.0 Å². The van der Waals surface area contributed by atoms with Crippen LogP contribution in [0.5, 0.6) is 0 Å². The molecule has 0 atom stereocenters. The fraction of sp³-hybridized carbons (Fsp3) is 0.222. The minimum atomic E-state index is 0.735. The molecule has 1 N–H and O–H groups in total. The molecule has 0 fully saturated rings. The van der Waals surface area contributed by atoms with Crippen LogP contribution in [0.2, 0.25) is 0 Å². The van der Waals surface area contributed by atoms with Gasteiger partial charge in [-0.05, 0) is 18.0 Å². The fourth-order valence-corrected chi connectivity index (χ4v) is 0.913. The lowest BCUT2D eigenvalue weighted by atomic mass is 10.5. The summed E-state index contributed by atoms with van der Waals surface area (Å²) < 4.78 is 0. The number of anilines is 1. The predicted octanol–water partition coefficient (Wildman–Crippen LogP) is 1.56. The van der Waals surface area contributed by atoms with Gasteiger partial charge in [-0.3, -0.25) is 0 Å². The van der Waals surface area contributed by atoms with E-state index < -0.39 is 0 Å².